The summed E-state index contributed by atoms with van der Waals surface area (Å²) in [5.41, 5.74) is 6.53. The topological polar surface area (TPSA) is 120 Å². The van der Waals surface area contributed by atoms with Gasteiger partial charge in [-0.2, -0.15) is 4.98 Å². The third kappa shape index (κ3) is 5.22. The molecule has 3 aromatic rings. The standard InChI is InChI=1S/C24H28ClF2N7O2/c25-17-10-14(26)11-18(27)20(17)32-24-31-19-12-29-23(30-15-2-1-8-36-9-7-15)33-22(19)34(24)16-5-3-13(4-6-16)21(28)35/h10-13,15-16H,1-9H2,(H2,28,35)(H,31,32)(H,29,30,33). The van der Waals surface area contributed by atoms with E-state index in [4.69, 9.17) is 27.1 Å². The maximum absolute atomic E-state index is 14.6. The van der Waals surface area contributed by atoms with Gasteiger partial charge in [-0.3, -0.25) is 9.36 Å². The number of nitrogens with two attached hydrogens (primary N) is 1. The molecule has 0 spiro atoms. The van der Waals surface area contributed by atoms with E-state index in [9.17, 15) is 13.6 Å². The van der Waals surface area contributed by atoms with Gasteiger partial charge in [-0.05, 0) is 51.0 Å². The first kappa shape index (κ1) is 24.6. The summed E-state index contributed by atoms with van der Waals surface area (Å²) in [6.45, 7) is 1.43. The Labute approximate surface area is 211 Å². The second-order valence-corrected chi connectivity index (χ2v) is 9.78. The third-order valence-electron chi connectivity index (χ3n) is 6.93. The van der Waals surface area contributed by atoms with Gasteiger partial charge in [0.05, 0.1) is 16.9 Å². The molecule has 5 rings (SSSR count). The number of rotatable bonds is 6. The highest BCUT2D eigenvalue weighted by Crippen LogP contribution is 2.38. The summed E-state index contributed by atoms with van der Waals surface area (Å²) in [7, 11) is 0. The van der Waals surface area contributed by atoms with Crippen molar-refractivity contribution in [3.8, 4) is 0 Å². The lowest BCUT2D eigenvalue weighted by molar-refractivity contribution is -0.122. The number of nitrogens with zero attached hydrogens (tertiary/aromatic N) is 4. The lowest BCUT2D eigenvalue weighted by atomic mass is 9.85. The molecule has 2 aliphatic rings. The zero-order valence-electron chi connectivity index (χ0n) is 19.6. The van der Waals surface area contributed by atoms with Crippen LogP contribution in [-0.4, -0.2) is 44.7 Å². The van der Waals surface area contributed by atoms with Gasteiger partial charge in [-0.25, -0.2) is 18.7 Å². The number of ether oxygens (including phenoxy) is 1. The Kier molecular flexibility index (Phi) is 7.20. The van der Waals surface area contributed by atoms with Crippen LogP contribution in [0.5, 0.6) is 0 Å². The second-order valence-electron chi connectivity index (χ2n) is 9.37. The molecule has 1 aliphatic heterocycles. The molecule has 1 saturated carbocycles. The van der Waals surface area contributed by atoms with E-state index in [-0.39, 0.29) is 34.6 Å². The van der Waals surface area contributed by atoms with Crippen LogP contribution < -0.4 is 16.4 Å². The van der Waals surface area contributed by atoms with E-state index in [1.807, 2.05) is 4.57 Å². The largest absolute Gasteiger partial charge is 0.381 e. The van der Waals surface area contributed by atoms with Crippen molar-refractivity contribution in [1.82, 2.24) is 19.5 Å². The number of hydrogen-bond donors (Lipinski definition) is 3. The van der Waals surface area contributed by atoms with Gasteiger partial charge in [0, 0.05) is 37.3 Å². The monoisotopic (exact) mass is 519 g/mol. The molecule has 12 heteroatoms. The van der Waals surface area contributed by atoms with Crippen molar-refractivity contribution in [2.75, 3.05) is 23.8 Å². The molecule has 2 aromatic heterocycles. The summed E-state index contributed by atoms with van der Waals surface area (Å²) >= 11 is 6.14. The number of carbonyl (C=O) groups excluding carboxylic acids is 1. The molecule has 1 atom stereocenters. The minimum Gasteiger partial charge on any atom is -0.381 e. The van der Waals surface area contributed by atoms with E-state index in [2.05, 4.69) is 20.6 Å². The molecule has 1 saturated heterocycles. The molecule has 1 aromatic carbocycles. The highest BCUT2D eigenvalue weighted by atomic mass is 35.5. The maximum atomic E-state index is 14.6. The molecule has 1 amide bonds. The minimum absolute atomic E-state index is 0.0654. The molecule has 1 unspecified atom stereocenters. The smallest absolute Gasteiger partial charge is 0.224 e. The van der Waals surface area contributed by atoms with Crippen LogP contribution in [0.2, 0.25) is 5.02 Å². The van der Waals surface area contributed by atoms with Crippen molar-refractivity contribution >= 4 is 46.3 Å². The van der Waals surface area contributed by atoms with E-state index in [0.29, 0.717) is 55.4 Å². The number of primary amides is 1. The predicted molar refractivity (Wildman–Crippen MR) is 132 cm³/mol. The SMILES string of the molecule is NC(=O)C1CCC(n2c(Nc3c(F)cc(F)cc3Cl)nc3cnc(NC4CCCOCC4)nc32)CC1. The Balaban J connectivity index is 1.51. The molecule has 0 radical (unpaired) electrons. The number of nitrogens with one attached hydrogen (secondary N) is 2. The summed E-state index contributed by atoms with van der Waals surface area (Å²) in [6.07, 6.45) is 6.97. The normalized spacial score (nSPS) is 22.8. The number of anilines is 3. The van der Waals surface area contributed by atoms with Gasteiger partial charge in [0.25, 0.3) is 0 Å². The lowest BCUT2D eigenvalue weighted by Gasteiger charge is -2.29. The maximum Gasteiger partial charge on any atom is 0.224 e. The van der Waals surface area contributed by atoms with Crippen molar-refractivity contribution in [2.45, 2.75) is 57.0 Å². The number of amides is 1. The first-order valence-corrected chi connectivity index (χ1v) is 12.6. The van der Waals surface area contributed by atoms with Gasteiger partial charge >= 0.3 is 0 Å². The van der Waals surface area contributed by atoms with Gasteiger partial charge in [-0.15, -0.1) is 0 Å². The molecular formula is C24H28ClF2N7O2. The Hall–Kier alpha value is -3.05. The number of aromatic nitrogens is 4. The summed E-state index contributed by atoms with van der Waals surface area (Å²) in [5.74, 6) is -1.30. The number of hydrogen-bond acceptors (Lipinski definition) is 7. The summed E-state index contributed by atoms with van der Waals surface area (Å²) in [5, 5.41) is 6.24. The van der Waals surface area contributed by atoms with Crippen molar-refractivity contribution < 1.29 is 18.3 Å². The van der Waals surface area contributed by atoms with E-state index in [1.165, 1.54) is 0 Å². The highest BCUT2D eigenvalue weighted by molar-refractivity contribution is 6.33. The Morgan fingerprint density at radius 1 is 1.11 bits per heavy atom. The number of halogens is 3. The second kappa shape index (κ2) is 10.5. The van der Waals surface area contributed by atoms with E-state index >= 15 is 0 Å². The van der Waals surface area contributed by atoms with Crippen LogP contribution in [0, 0.1) is 17.6 Å². The quantitative estimate of drug-likeness (QED) is 0.431. The summed E-state index contributed by atoms with van der Waals surface area (Å²) in [4.78, 5) is 25.5. The fraction of sp³-hybridized carbons (Fsp3) is 0.500. The van der Waals surface area contributed by atoms with Crippen LogP contribution in [0.25, 0.3) is 11.2 Å². The fourth-order valence-corrected chi connectivity index (χ4v) is 5.26. The Bertz CT molecular complexity index is 1230. The van der Waals surface area contributed by atoms with Crippen molar-refractivity contribution in [3.05, 3.63) is 35.0 Å². The van der Waals surface area contributed by atoms with Crippen LogP contribution >= 0.6 is 11.6 Å². The first-order valence-electron chi connectivity index (χ1n) is 12.2. The van der Waals surface area contributed by atoms with Gasteiger partial charge in [-0.1, -0.05) is 11.6 Å². The van der Waals surface area contributed by atoms with E-state index < -0.39 is 11.6 Å². The predicted octanol–water partition coefficient (Wildman–Crippen LogP) is 4.70. The molecule has 4 N–H and O–H groups in total. The summed E-state index contributed by atoms with van der Waals surface area (Å²) in [6, 6.07) is 1.93. The van der Waals surface area contributed by atoms with Crippen molar-refractivity contribution in [2.24, 2.45) is 11.7 Å². The summed E-state index contributed by atoms with van der Waals surface area (Å²) < 4.78 is 35.6. The average molecular weight is 520 g/mol. The molecule has 1 aliphatic carbocycles. The van der Waals surface area contributed by atoms with Crippen molar-refractivity contribution in [3.63, 3.8) is 0 Å². The lowest BCUT2D eigenvalue weighted by Crippen LogP contribution is -2.29. The van der Waals surface area contributed by atoms with Crippen LogP contribution in [0.3, 0.4) is 0 Å². The van der Waals surface area contributed by atoms with Crippen LogP contribution in [0.4, 0.5) is 26.4 Å². The first-order chi connectivity index (χ1) is 17.4. The highest BCUT2D eigenvalue weighted by Gasteiger charge is 2.29. The molecule has 0 bridgehead atoms. The minimum atomic E-state index is -0.833. The van der Waals surface area contributed by atoms with E-state index in [1.54, 1.807) is 6.20 Å². The molecule has 9 nitrogen and oxygen atoms in total. The van der Waals surface area contributed by atoms with Gasteiger partial charge < -0.3 is 21.1 Å². The van der Waals surface area contributed by atoms with Crippen LogP contribution in [0.1, 0.15) is 51.0 Å². The van der Waals surface area contributed by atoms with Gasteiger partial charge in [0.1, 0.15) is 11.3 Å². The van der Waals surface area contributed by atoms with Crippen LogP contribution in [0.15, 0.2) is 18.3 Å². The molecule has 36 heavy (non-hydrogen) atoms. The molecular weight excluding hydrogens is 492 g/mol. The van der Waals surface area contributed by atoms with Crippen LogP contribution in [-0.2, 0) is 9.53 Å². The number of imidazole rings is 1. The molecule has 2 fully saturated rings. The average Bonchev–Trinajstić information content (AvgIpc) is 2.99. The Morgan fingerprint density at radius 2 is 1.92 bits per heavy atom. The van der Waals surface area contributed by atoms with E-state index in [0.717, 1.165) is 38.0 Å². The Morgan fingerprint density at radius 3 is 2.67 bits per heavy atom. The molecule has 192 valence electrons. The zero-order chi connectivity index (χ0) is 25.2. The zero-order valence-corrected chi connectivity index (χ0v) is 20.4. The van der Waals surface area contributed by atoms with Gasteiger partial charge in [0.15, 0.2) is 11.5 Å². The number of carbonyl (C=O) groups is 1. The van der Waals surface area contributed by atoms with Gasteiger partial charge in [0.2, 0.25) is 17.8 Å². The van der Waals surface area contributed by atoms with Crippen molar-refractivity contribution in [1.29, 1.82) is 0 Å². The number of fused-ring (bicyclic) bond motifs is 1. The molecule has 3 heterocycles. The number of benzene rings is 1. The third-order valence-corrected chi connectivity index (χ3v) is 7.22. The fourth-order valence-electron chi connectivity index (χ4n) is 5.02.